The summed E-state index contributed by atoms with van der Waals surface area (Å²) in [5, 5.41) is 3.84. The molecule has 0 bridgehead atoms. The highest BCUT2D eigenvalue weighted by molar-refractivity contribution is 6.39. The van der Waals surface area contributed by atoms with E-state index < -0.39 is 0 Å². The van der Waals surface area contributed by atoms with E-state index >= 15 is 0 Å². The molecule has 5 heteroatoms. The van der Waals surface area contributed by atoms with Gasteiger partial charge in [-0.2, -0.15) is 5.10 Å². The molecule has 1 saturated heterocycles. The molecule has 2 aliphatic heterocycles. The molecule has 88 valence electrons. The summed E-state index contributed by atoms with van der Waals surface area (Å²) in [7, 11) is 0. The van der Waals surface area contributed by atoms with E-state index in [0.717, 1.165) is 19.5 Å². The summed E-state index contributed by atoms with van der Waals surface area (Å²) in [6, 6.07) is 0. The fourth-order valence-electron chi connectivity index (χ4n) is 2.18. The second kappa shape index (κ2) is 4.63. The third-order valence-electron chi connectivity index (χ3n) is 3.10. The molecule has 0 aromatic rings. The number of rotatable bonds is 1. The second-order valence-electron chi connectivity index (χ2n) is 4.59. The van der Waals surface area contributed by atoms with Gasteiger partial charge in [-0.25, -0.2) is 5.43 Å². The minimum Gasteiger partial charge on any atom is -0.337 e. The lowest BCUT2D eigenvalue weighted by Gasteiger charge is -2.31. The number of amides is 2. The highest BCUT2D eigenvalue weighted by Gasteiger charge is 2.26. The number of carbonyl (C=O) groups excluding carboxylic acids is 2. The molecule has 0 aromatic carbocycles. The molecule has 0 radical (unpaired) electrons. The van der Waals surface area contributed by atoms with E-state index in [2.05, 4.69) is 17.5 Å². The van der Waals surface area contributed by atoms with Gasteiger partial charge in [-0.3, -0.25) is 9.59 Å². The van der Waals surface area contributed by atoms with Crippen LogP contribution in [0.4, 0.5) is 0 Å². The molecule has 16 heavy (non-hydrogen) atoms. The van der Waals surface area contributed by atoms with Crippen LogP contribution in [0, 0.1) is 5.92 Å². The van der Waals surface area contributed by atoms with Crippen LogP contribution in [-0.4, -0.2) is 35.5 Å². The zero-order valence-corrected chi connectivity index (χ0v) is 9.53. The van der Waals surface area contributed by atoms with Crippen molar-refractivity contribution in [2.75, 3.05) is 13.1 Å². The first-order valence-electron chi connectivity index (χ1n) is 5.81. The molecule has 2 aliphatic rings. The zero-order valence-electron chi connectivity index (χ0n) is 9.53. The Hall–Kier alpha value is -1.39. The van der Waals surface area contributed by atoms with Crippen molar-refractivity contribution < 1.29 is 9.59 Å². The molecule has 1 N–H and O–H groups in total. The minimum absolute atomic E-state index is 0.00782. The van der Waals surface area contributed by atoms with Gasteiger partial charge in [0.05, 0.1) is 0 Å². The predicted molar refractivity (Wildman–Crippen MR) is 59.8 cm³/mol. The Balaban J connectivity index is 1.99. The van der Waals surface area contributed by atoms with E-state index in [1.165, 1.54) is 6.42 Å². The smallest absolute Gasteiger partial charge is 0.270 e. The van der Waals surface area contributed by atoms with E-state index in [9.17, 15) is 9.59 Å². The molecule has 2 heterocycles. The molecular weight excluding hydrogens is 206 g/mol. The van der Waals surface area contributed by atoms with Crippen LogP contribution < -0.4 is 5.43 Å². The third kappa shape index (κ3) is 2.40. The molecule has 0 aliphatic carbocycles. The molecular formula is C11H17N3O2. The van der Waals surface area contributed by atoms with Crippen molar-refractivity contribution in [1.82, 2.24) is 10.3 Å². The van der Waals surface area contributed by atoms with Crippen molar-refractivity contribution in [1.29, 1.82) is 0 Å². The summed E-state index contributed by atoms with van der Waals surface area (Å²) in [4.78, 5) is 24.8. The first-order chi connectivity index (χ1) is 7.66. The summed E-state index contributed by atoms with van der Waals surface area (Å²) in [6.45, 7) is 3.78. The van der Waals surface area contributed by atoms with E-state index in [4.69, 9.17) is 0 Å². The molecule has 0 aromatic heterocycles. The van der Waals surface area contributed by atoms with Crippen LogP contribution in [0.5, 0.6) is 0 Å². The average Bonchev–Trinajstić information content (AvgIpc) is 2.29. The topological polar surface area (TPSA) is 61.8 Å². The summed E-state index contributed by atoms with van der Waals surface area (Å²) in [6.07, 6.45) is 3.09. The monoisotopic (exact) mass is 223 g/mol. The van der Waals surface area contributed by atoms with Gasteiger partial charge in [-0.05, 0) is 18.8 Å². The molecule has 2 rings (SSSR count). The Bertz CT molecular complexity index is 338. The van der Waals surface area contributed by atoms with Gasteiger partial charge in [-0.1, -0.05) is 6.92 Å². The van der Waals surface area contributed by atoms with Crippen LogP contribution >= 0.6 is 0 Å². The Labute approximate surface area is 94.9 Å². The van der Waals surface area contributed by atoms with Gasteiger partial charge >= 0.3 is 0 Å². The Morgan fingerprint density at radius 2 is 2.31 bits per heavy atom. The maximum atomic E-state index is 12.0. The molecule has 5 nitrogen and oxygen atoms in total. The SMILES string of the molecule is CC1CCCN(C(=O)C2=NNC(=O)CC2)C1. The van der Waals surface area contributed by atoms with Gasteiger partial charge in [-0.15, -0.1) is 0 Å². The number of piperidine rings is 1. The minimum atomic E-state index is -0.108. The quantitative estimate of drug-likeness (QED) is 0.704. The summed E-state index contributed by atoms with van der Waals surface area (Å²) in [5.74, 6) is 0.451. The van der Waals surface area contributed by atoms with Crippen LogP contribution in [0.25, 0.3) is 0 Å². The van der Waals surface area contributed by atoms with Crippen LogP contribution in [-0.2, 0) is 9.59 Å². The fraction of sp³-hybridized carbons (Fsp3) is 0.727. The van der Waals surface area contributed by atoms with E-state index in [0.29, 0.717) is 24.5 Å². The van der Waals surface area contributed by atoms with Crippen LogP contribution in [0.2, 0.25) is 0 Å². The summed E-state index contributed by atoms with van der Waals surface area (Å²) in [5.41, 5.74) is 2.86. The molecule has 1 unspecified atom stereocenters. The number of carbonyl (C=O) groups is 2. The Kier molecular flexibility index (Phi) is 3.22. The number of nitrogens with one attached hydrogen (secondary N) is 1. The van der Waals surface area contributed by atoms with Crippen LogP contribution in [0.15, 0.2) is 5.10 Å². The zero-order chi connectivity index (χ0) is 11.5. The maximum Gasteiger partial charge on any atom is 0.270 e. The lowest BCUT2D eigenvalue weighted by atomic mass is 9.99. The lowest BCUT2D eigenvalue weighted by molar-refractivity contribution is -0.126. The number of hydrogen-bond acceptors (Lipinski definition) is 3. The second-order valence-corrected chi connectivity index (χ2v) is 4.59. The van der Waals surface area contributed by atoms with Crippen molar-refractivity contribution in [2.45, 2.75) is 32.6 Å². The number of hydrazone groups is 1. The fourth-order valence-corrected chi connectivity index (χ4v) is 2.18. The van der Waals surface area contributed by atoms with Gasteiger partial charge in [0, 0.05) is 25.9 Å². The third-order valence-corrected chi connectivity index (χ3v) is 3.10. The van der Waals surface area contributed by atoms with E-state index in [1.54, 1.807) is 0 Å². The first-order valence-corrected chi connectivity index (χ1v) is 5.81. The maximum absolute atomic E-state index is 12.0. The standard InChI is InChI=1S/C11H17N3O2/c1-8-3-2-6-14(7-8)11(16)9-4-5-10(15)13-12-9/h8H,2-7H2,1H3,(H,13,15). The highest BCUT2D eigenvalue weighted by Crippen LogP contribution is 2.16. The largest absolute Gasteiger partial charge is 0.337 e. The average molecular weight is 223 g/mol. The van der Waals surface area contributed by atoms with Crippen LogP contribution in [0.1, 0.15) is 32.6 Å². The Morgan fingerprint density at radius 3 is 2.94 bits per heavy atom. The van der Waals surface area contributed by atoms with Gasteiger partial charge in [0.1, 0.15) is 5.71 Å². The lowest BCUT2D eigenvalue weighted by Crippen LogP contribution is -2.44. The Morgan fingerprint density at radius 1 is 1.50 bits per heavy atom. The van der Waals surface area contributed by atoms with Crippen molar-refractivity contribution >= 4 is 17.5 Å². The van der Waals surface area contributed by atoms with Crippen molar-refractivity contribution in [3.63, 3.8) is 0 Å². The molecule has 1 atom stereocenters. The molecule has 2 amide bonds. The van der Waals surface area contributed by atoms with Crippen molar-refractivity contribution in [2.24, 2.45) is 11.0 Å². The van der Waals surface area contributed by atoms with Gasteiger partial charge in [0.25, 0.3) is 5.91 Å². The summed E-state index contributed by atoms with van der Waals surface area (Å²) >= 11 is 0. The normalized spacial score (nSPS) is 26.1. The van der Waals surface area contributed by atoms with Crippen molar-refractivity contribution in [3.8, 4) is 0 Å². The number of nitrogens with zero attached hydrogens (tertiary/aromatic N) is 2. The number of hydrogen-bond donors (Lipinski definition) is 1. The first kappa shape index (κ1) is 11.1. The van der Waals surface area contributed by atoms with E-state index in [1.807, 2.05) is 4.90 Å². The molecule has 0 spiro atoms. The van der Waals surface area contributed by atoms with E-state index in [-0.39, 0.29) is 11.8 Å². The molecule has 0 saturated carbocycles. The highest BCUT2D eigenvalue weighted by atomic mass is 16.2. The predicted octanol–water partition coefficient (Wildman–Crippen LogP) is 0.511. The van der Waals surface area contributed by atoms with Crippen molar-refractivity contribution in [3.05, 3.63) is 0 Å². The molecule has 1 fully saturated rings. The van der Waals surface area contributed by atoms with Gasteiger partial charge < -0.3 is 4.90 Å². The summed E-state index contributed by atoms with van der Waals surface area (Å²) < 4.78 is 0. The number of likely N-dealkylation sites (tertiary alicyclic amines) is 1. The van der Waals surface area contributed by atoms with Gasteiger partial charge in [0.2, 0.25) is 5.91 Å². The van der Waals surface area contributed by atoms with Gasteiger partial charge in [0.15, 0.2) is 0 Å². The van der Waals surface area contributed by atoms with Crippen LogP contribution in [0.3, 0.4) is 0 Å².